The van der Waals surface area contributed by atoms with E-state index in [0.717, 1.165) is 28.9 Å². The molecule has 3 rings (SSSR count). The maximum atomic E-state index is 12.5. The average Bonchev–Trinajstić information content (AvgIpc) is 3.20. The third kappa shape index (κ3) is 4.47. The summed E-state index contributed by atoms with van der Waals surface area (Å²) >= 11 is 0. The quantitative estimate of drug-likeness (QED) is 0.717. The normalized spacial score (nSPS) is 18.4. The Bertz CT molecular complexity index is 708. The van der Waals surface area contributed by atoms with Crippen molar-refractivity contribution in [2.45, 2.75) is 64.3 Å². The van der Waals surface area contributed by atoms with Gasteiger partial charge in [0.25, 0.3) is 5.91 Å². The molecule has 0 bridgehead atoms. The predicted octanol–water partition coefficient (Wildman–Crippen LogP) is 2.09. The Labute approximate surface area is 159 Å². The number of carbonyl (C=O) groups is 3. The first-order valence-electron chi connectivity index (χ1n) is 9.50. The smallest absolute Gasteiger partial charge is 0.325 e. The van der Waals surface area contributed by atoms with Gasteiger partial charge in [0.05, 0.1) is 12.7 Å². The Hall–Kier alpha value is -2.41. The summed E-state index contributed by atoms with van der Waals surface area (Å²) in [5.74, 6) is -0.615. The Balaban J connectivity index is 1.48. The Kier molecular flexibility index (Phi) is 5.79. The highest BCUT2D eigenvalue weighted by molar-refractivity contribution is 6.09. The number of hydrogen-bond acceptors (Lipinski definition) is 4. The number of benzene rings is 1. The van der Waals surface area contributed by atoms with E-state index in [1.165, 1.54) is 0 Å². The van der Waals surface area contributed by atoms with Crippen molar-refractivity contribution in [2.24, 2.45) is 0 Å². The van der Waals surface area contributed by atoms with Gasteiger partial charge in [-0.05, 0) is 37.8 Å². The zero-order chi connectivity index (χ0) is 19.4. The summed E-state index contributed by atoms with van der Waals surface area (Å²) in [5, 5.41) is 5.55. The van der Waals surface area contributed by atoms with E-state index in [1.54, 1.807) is 0 Å². The van der Waals surface area contributed by atoms with Crippen LogP contribution in [-0.2, 0) is 27.5 Å². The van der Waals surface area contributed by atoms with Crippen molar-refractivity contribution in [3.8, 4) is 0 Å². The van der Waals surface area contributed by atoms with Crippen LogP contribution >= 0.6 is 0 Å². The van der Waals surface area contributed by atoms with E-state index >= 15 is 0 Å². The van der Waals surface area contributed by atoms with Gasteiger partial charge in [0.2, 0.25) is 5.91 Å². The SMILES string of the molecule is CC(C)OCc1ccc(CNC(=O)CN2C(=O)NC3(CCCC3)C2=O)cc1. The number of urea groups is 1. The number of imide groups is 1. The van der Waals surface area contributed by atoms with Gasteiger partial charge in [0.15, 0.2) is 0 Å². The number of nitrogens with zero attached hydrogens (tertiary/aromatic N) is 1. The van der Waals surface area contributed by atoms with Crippen LogP contribution in [0.15, 0.2) is 24.3 Å². The number of amides is 4. The summed E-state index contributed by atoms with van der Waals surface area (Å²) < 4.78 is 5.56. The molecule has 2 aliphatic rings. The molecular formula is C20H27N3O4. The second-order valence-electron chi connectivity index (χ2n) is 7.56. The fraction of sp³-hybridized carbons (Fsp3) is 0.550. The Morgan fingerprint density at radius 3 is 2.44 bits per heavy atom. The fourth-order valence-electron chi connectivity index (χ4n) is 3.55. The van der Waals surface area contributed by atoms with E-state index in [1.807, 2.05) is 38.1 Å². The molecule has 1 spiro atoms. The zero-order valence-corrected chi connectivity index (χ0v) is 15.9. The average molecular weight is 373 g/mol. The topological polar surface area (TPSA) is 87.7 Å². The molecule has 1 aromatic rings. The second-order valence-corrected chi connectivity index (χ2v) is 7.56. The van der Waals surface area contributed by atoms with Gasteiger partial charge >= 0.3 is 6.03 Å². The van der Waals surface area contributed by atoms with Crippen LogP contribution in [0.5, 0.6) is 0 Å². The van der Waals surface area contributed by atoms with Crippen LogP contribution in [0.25, 0.3) is 0 Å². The van der Waals surface area contributed by atoms with Crippen molar-refractivity contribution in [3.05, 3.63) is 35.4 Å². The maximum Gasteiger partial charge on any atom is 0.325 e. The van der Waals surface area contributed by atoms with E-state index < -0.39 is 11.6 Å². The molecule has 1 aliphatic carbocycles. The van der Waals surface area contributed by atoms with Gasteiger partial charge in [-0.3, -0.25) is 14.5 Å². The summed E-state index contributed by atoms with van der Waals surface area (Å²) in [6, 6.07) is 7.32. The van der Waals surface area contributed by atoms with E-state index in [2.05, 4.69) is 10.6 Å². The predicted molar refractivity (Wildman–Crippen MR) is 99.7 cm³/mol. The first-order chi connectivity index (χ1) is 12.9. The van der Waals surface area contributed by atoms with Crippen molar-refractivity contribution in [3.63, 3.8) is 0 Å². The van der Waals surface area contributed by atoms with Gasteiger partial charge in [-0.1, -0.05) is 37.1 Å². The van der Waals surface area contributed by atoms with Gasteiger partial charge in [-0.2, -0.15) is 0 Å². The molecule has 1 aliphatic heterocycles. The Morgan fingerprint density at radius 1 is 1.19 bits per heavy atom. The van der Waals surface area contributed by atoms with Crippen LogP contribution in [-0.4, -0.2) is 40.9 Å². The number of ether oxygens (including phenoxy) is 1. The molecule has 1 heterocycles. The van der Waals surface area contributed by atoms with Crippen LogP contribution in [0.1, 0.15) is 50.7 Å². The zero-order valence-electron chi connectivity index (χ0n) is 15.9. The number of nitrogens with one attached hydrogen (secondary N) is 2. The van der Waals surface area contributed by atoms with E-state index in [4.69, 9.17) is 4.74 Å². The minimum atomic E-state index is -0.773. The molecule has 1 saturated carbocycles. The highest BCUT2D eigenvalue weighted by Crippen LogP contribution is 2.34. The lowest BCUT2D eigenvalue weighted by Gasteiger charge is -2.19. The first kappa shape index (κ1) is 19.4. The highest BCUT2D eigenvalue weighted by Gasteiger charge is 2.52. The molecule has 146 valence electrons. The minimum Gasteiger partial charge on any atom is -0.374 e. The Morgan fingerprint density at radius 2 is 1.81 bits per heavy atom. The van der Waals surface area contributed by atoms with Crippen LogP contribution < -0.4 is 10.6 Å². The van der Waals surface area contributed by atoms with Gasteiger partial charge in [0.1, 0.15) is 12.1 Å². The third-order valence-electron chi connectivity index (χ3n) is 5.10. The molecule has 27 heavy (non-hydrogen) atoms. The summed E-state index contributed by atoms with van der Waals surface area (Å²) in [7, 11) is 0. The van der Waals surface area contributed by atoms with E-state index in [9.17, 15) is 14.4 Å². The van der Waals surface area contributed by atoms with Crippen molar-refractivity contribution < 1.29 is 19.1 Å². The lowest BCUT2D eigenvalue weighted by Crippen LogP contribution is -2.45. The largest absolute Gasteiger partial charge is 0.374 e. The van der Waals surface area contributed by atoms with Crippen LogP contribution in [0.2, 0.25) is 0 Å². The molecule has 7 heteroatoms. The van der Waals surface area contributed by atoms with Crippen molar-refractivity contribution in [1.82, 2.24) is 15.5 Å². The fourth-order valence-corrected chi connectivity index (χ4v) is 3.55. The molecule has 4 amide bonds. The molecule has 0 aromatic heterocycles. The van der Waals surface area contributed by atoms with Gasteiger partial charge in [0, 0.05) is 6.54 Å². The number of rotatable bonds is 7. The molecule has 2 N–H and O–H groups in total. The van der Waals surface area contributed by atoms with E-state index in [-0.39, 0.29) is 24.5 Å². The van der Waals surface area contributed by atoms with Crippen LogP contribution in [0, 0.1) is 0 Å². The highest BCUT2D eigenvalue weighted by atomic mass is 16.5. The van der Waals surface area contributed by atoms with Crippen LogP contribution in [0.4, 0.5) is 4.79 Å². The lowest BCUT2D eigenvalue weighted by molar-refractivity contribution is -0.134. The molecule has 0 atom stereocenters. The first-order valence-corrected chi connectivity index (χ1v) is 9.50. The second kappa shape index (κ2) is 8.08. The van der Waals surface area contributed by atoms with Gasteiger partial charge < -0.3 is 15.4 Å². The third-order valence-corrected chi connectivity index (χ3v) is 5.10. The van der Waals surface area contributed by atoms with Crippen LogP contribution in [0.3, 0.4) is 0 Å². The molecule has 0 unspecified atom stereocenters. The molecule has 7 nitrogen and oxygen atoms in total. The molecular weight excluding hydrogens is 346 g/mol. The summed E-state index contributed by atoms with van der Waals surface area (Å²) in [5.41, 5.74) is 1.24. The van der Waals surface area contributed by atoms with Crippen molar-refractivity contribution in [2.75, 3.05) is 6.54 Å². The summed E-state index contributed by atoms with van der Waals surface area (Å²) in [6.07, 6.45) is 3.33. The van der Waals surface area contributed by atoms with Gasteiger partial charge in [-0.25, -0.2) is 4.79 Å². The maximum absolute atomic E-state index is 12.5. The van der Waals surface area contributed by atoms with Crippen molar-refractivity contribution >= 4 is 17.8 Å². The van der Waals surface area contributed by atoms with E-state index in [0.29, 0.717) is 26.0 Å². The van der Waals surface area contributed by atoms with Gasteiger partial charge in [-0.15, -0.1) is 0 Å². The number of hydrogen-bond donors (Lipinski definition) is 2. The molecule has 1 aromatic carbocycles. The standard InChI is InChI=1S/C20H27N3O4/c1-14(2)27-13-16-7-5-15(6-8-16)11-21-17(24)12-23-18(25)20(22-19(23)26)9-3-4-10-20/h5-8,14H,3-4,9-13H2,1-2H3,(H,21,24)(H,22,26). The lowest BCUT2D eigenvalue weighted by atomic mass is 9.98. The monoisotopic (exact) mass is 373 g/mol. The minimum absolute atomic E-state index is 0.179. The number of carbonyl (C=O) groups excluding carboxylic acids is 3. The molecule has 0 radical (unpaired) electrons. The molecule has 2 fully saturated rings. The van der Waals surface area contributed by atoms with Crippen molar-refractivity contribution in [1.29, 1.82) is 0 Å². The molecule has 1 saturated heterocycles. The summed E-state index contributed by atoms with van der Waals surface area (Å²) in [4.78, 5) is 37.9. The summed E-state index contributed by atoms with van der Waals surface area (Å²) in [6.45, 7) is 4.64.